The fourth-order valence-corrected chi connectivity index (χ4v) is 1.66. The summed E-state index contributed by atoms with van der Waals surface area (Å²) in [5, 5.41) is 0. The molecule has 104 valence electrons. The third-order valence-electron chi connectivity index (χ3n) is 2.79. The number of benzene rings is 2. The summed E-state index contributed by atoms with van der Waals surface area (Å²) in [6, 6.07) is 15.3. The Bertz CT molecular complexity index is 571. The van der Waals surface area contributed by atoms with Crippen LogP contribution in [-0.4, -0.2) is 6.18 Å². The Hall–Kier alpha value is -2.23. The fraction of sp³-hybridized carbons (Fsp3) is 0.125. The van der Waals surface area contributed by atoms with Gasteiger partial charge in [-0.25, -0.2) is 0 Å². The molecule has 0 N–H and O–H groups in total. The molecule has 20 heavy (non-hydrogen) atoms. The molecule has 4 heteroatoms. The highest BCUT2D eigenvalue weighted by Gasteiger charge is 2.32. The number of hydrogen-bond acceptors (Lipinski definition) is 1. The van der Waals surface area contributed by atoms with Crippen molar-refractivity contribution in [1.82, 2.24) is 0 Å². The van der Waals surface area contributed by atoms with Gasteiger partial charge in [0, 0.05) is 0 Å². The molecule has 0 aromatic heterocycles. The number of rotatable bonds is 4. The molecular formula is C16H13F3O. The van der Waals surface area contributed by atoms with Crippen LogP contribution in [0.3, 0.4) is 0 Å². The standard InChI is InChI=1S/C16H13F3O/c1-12(16(17,18)19)14-7-9-15(10-8-14)20-11-13-5-3-2-4-6-13/h2-10H,1,11H2. The van der Waals surface area contributed by atoms with Crippen molar-refractivity contribution >= 4 is 5.57 Å². The van der Waals surface area contributed by atoms with Crippen LogP contribution in [0, 0.1) is 0 Å². The van der Waals surface area contributed by atoms with Crippen LogP contribution >= 0.6 is 0 Å². The summed E-state index contributed by atoms with van der Waals surface area (Å²) < 4.78 is 42.9. The second kappa shape index (κ2) is 5.82. The Morgan fingerprint density at radius 2 is 1.55 bits per heavy atom. The summed E-state index contributed by atoms with van der Waals surface area (Å²) in [6.45, 7) is 3.43. The van der Waals surface area contributed by atoms with Gasteiger partial charge in [0.25, 0.3) is 0 Å². The van der Waals surface area contributed by atoms with Gasteiger partial charge in [0.1, 0.15) is 12.4 Å². The average molecular weight is 278 g/mol. The van der Waals surface area contributed by atoms with Crippen molar-refractivity contribution in [3.63, 3.8) is 0 Å². The molecule has 0 aliphatic rings. The first-order valence-corrected chi connectivity index (χ1v) is 6.00. The van der Waals surface area contributed by atoms with Crippen LogP contribution in [-0.2, 0) is 6.61 Å². The molecule has 0 aliphatic carbocycles. The summed E-state index contributed by atoms with van der Waals surface area (Å²) in [5.41, 5.74) is 0.188. The van der Waals surface area contributed by atoms with Gasteiger partial charge >= 0.3 is 6.18 Å². The number of halogens is 3. The van der Waals surface area contributed by atoms with Gasteiger partial charge in [0.15, 0.2) is 0 Å². The van der Waals surface area contributed by atoms with E-state index in [9.17, 15) is 13.2 Å². The number of allylic oxidation sites excluding steroid dienone is 1. The van der Waals surface area contributed by atoms with Crippen molar-refractivity contribution in [1.29, 1.82) is 0 Å². The SMILES string of the molecule is C=C(c1ccc(OCc2ccccc2)cc1)C(F)(F)F. The van der Waals surface area contributed by atoms with Gasteiger partial charge in [-0.15, -0.1) is 0 Å². The summed E-state index contributed by atoms with van der Waals surface area (Å²) >= 11 is 0. The van der Waals surface area contributed by atoms with Crippen LogP contribution in [0.2, 0.25) is 0 Å². The highest BCUT2D eigenvalue weighted by Crippen LogP contribution is 2.32. The van der Waals surface area contributed by atoms with Gasteiger partial charge in [0.05, 0.1) is 5.57 Å². The molecule has 0 fully saturated rings. The molecule has 0 heterocycles. The zero-order chi connectivity index (χ0) is 14.6. The van der Waals surface area contributed by atoms with E-state index in [1.54, 1.807) is 0 Å². The van der Waals surface area contributed by atoms with Crippen LogP contribution in [0.5, 0.6) is 5.75 Å². The molecule has 0 radical (unpaired) electrons. The topological polar surface area (TPSA) is 9.23 Å². The van der Waals surface area contributed by atoms with Crippen molar-refractivity contribution in [3.05, 3.63) is 72.3 Å². The van der Waals surface area contributed by atoms with E-state index < -0.39 is 11.7 Å². The summed E-state index contributed by atoms with van der Waals surface area (Å²) in [7, 11) is 0. The number of hydrogen-bond donors (Lipinski definition) is 0. The normalized spacial score (nSPS) is 11.2. The van der Waals surface area contributed by atoms with Crippen LogP contribution < -0.4 is 4.74 Å². The first kappa shape index (κ1) is 14.2. The van der Waals surface area contributed by atoms with E-state index in [1.165, 1.54) is 24.3 Å². The Labute approximate surface area is 115 Å². The highest BCUT2D eigenvalue weighted by atomic mass is 19.4. The van der Waals surface area contributed by atoms with Crippen molar-refractivity contribution in [2.45, 2.75) is 12.8 Å². The van der Waals surface area contributed by atoms with Gasteiger partial charge in [-0.05, 0) is 23.3 Å². The summed E-state index contributed by atoms with van der Waals surface area (Å²) in [5.74, 6) is 0.521. The van der Waals surface area contributed by atoms with Crippen LogP contribution in [0.1, 0.15) is 11.1 Å². The van der Waals surface area contributed by atoms with E-state index in [1.807, 2.05) is 30.3 Å². The van der Waals surface area contributed by atoms with Crippen LogP contribution in [0.15, 0.2) is 61.2 Å². The quantitative estimate of drug-likeness (QED) is 0.777. The Balaban J connectivity index is 2.00. The van der Waals surface area contributed by atoms with Crippen LogP contribution in [0.25, 0.3) is 5.57 Å². The predicted molar refractivity (Wildman–Crippen MR) is 72.3 cm³/mol. The van der Waals surface area contributed by atoms with Crippen molar-refractivity contribution in [3.8, 4) is 5.75 Å². The minimum atomic E-state index is -4.41. The lowest BCUT2D eigenvalue weighted by Gasteiger charge is -2.11. The van der Waals surface area contributed by atoms with Gasteiger partial charge in [-0.2, -0.15) is 13.2 Å². The van der Waals surface area contributed by atoms with Gasteiger partial charge < -0.3 is 4.74 Å². The van der Waals surface area contributed by atoms with Crippen LogP contribution in [0.4, 0.5) is 13.2 Å². The monoisotopic (exact) mass is 278 g/mol. The molecular weight excluding hydrogens is 265 g/mol. The maximum atomic E-state index is 12.5. The lowest BCUT2D eigenvalue weighted by atomic mass is 10.1. The maximum absolute atomic E-state index is 12.5. The second-order valence-corrected chi connectivity index (χ2v) is 4.27. The predicted octanol–water partition coefficient (Wildman–Crippen LogP) is 4.84. The molecule has 0 unspecified atom stereocenters. The molecule has 1 nitrogen and oxygen atoms in total. The van der Waals surface area contributed by atoms with Gasteiger partial charge in [-0.3, -0.25) is 0 Å². The van der Waals surface area contributed by atoms with E-state index >= 15 is 0 Å². The van der Waals surface area contributed by atoms with Crippen molar-refractivity contribution < 1.29 is 17.9 Å². The Morgan fingerprint density at radius 1 is 0.950 bits per heavy atom. The summed E-state index contributed by atoms with van der Waals surface area (Å²) in [4.78, 5) is 0. The van der Waals surface area contributed by atoms with Gasteiger partial charge in [-0.1, -0.05) is 49.0 Å². The van der Waals surface area contributed by atoms with Crippen molar-refractivity contribution in [2.75, 3.05) is 0 Å². The molecule has 0 atom stereocenters. The molecule has 0 saturated carbocycles. The zero-order valence-electron chi connectivity index (χ0n) is 10.7. The number of ether oxygens (including phenoxy) is 1. The minimum absolute atomic E-state index is 0.0459. The lowest BCUT2D eigenvalue weighted by molar-refractivity contribution is -0.0686. The summed E-state index contributed by atoms with van der Waals surface area (Å²) in [6.07, 6.45) is -4.41. The maximum Gasteiger partial charge on any atom is 0.416 e. The highest BCUT2D eigenvalue weighted by molar-refractivity contribution is 5.67. The Morgan fingerprint density at radius 3 is 2.10 bits per heavy atom. The fourth-order valence-electron chi connectivity index (χ4n) is 1.66. The average Bonchev–Trinajstić information content (AvgIpc) is 2.45. The third kappa shape index (κ3) is 3.63. The number of alkyl halides is 3. The smallest absolute Gasteiger partial charge is 0.416 e. The first-order valence-electron chi connectivity index (χ1n) is 6.00. The lowest BCUT2D eigenvalue weighted by Crippen LogP contribution is -2.09. The first-order chi connectivity index (χ1) is 9.47. The Kier molecular flexibility index (Phi) is 4.13. The largest absolute Gasteiger partial charge is 0.489 e. The molecule has 0 saturated heterocycles. The zero-order valence-corrected chi connectivity index (χ0v) is 10.7. The van der Waals surface area contributed by atoms with Crippen molar-refractivity contribution in [2.24, 2.45) is 0 Å². The van der Waals surface area contributed by atoms with E-state index in [4.69, 9.17) is 4.74 Å². The molecule has 0 spiro atoms. The molecule has 0 bridgehead atoms. The van der Waals surface area contributed by atoms with Gasteiger partial charge in [0.2, 0.25) is 0 Å². The second-order valence-electron chi connectivity index (χ2n) is 4.27. The molecule has 2 aromatic rings. The molecule has 2 aromatic carbocycles. The third-order valence-corrected chi connectivity index (χ3v) is 2.79. The van der Waals surface area contributed by atoms with E-state index in [2.05, 4.69) is 6.58 Å². The molecule has 2 rings (SSSR count). The minimum Gasteiger partial charge on any atom is -0.489 e. The van der Waals surface area contributed by atoms with E-state index in [0.717, 1.165) is 5.56 Å². The molecule has 0 aliphatic heterocycles. The molecule has 0 amide bonds. The van der Waals surface area contributed by atoms with E-state index in [-0.39, 0.29) is 5.56 Å². The van der Waals surface area contributed by atoms with E-state index in [0.29, 0.717) is 12.4 Å².